The van der Waals surface area contributed by atoms with Gasteiger partial charge in [0.2, 0.25) is 0 Å². The van der Waals surface area contributed by atoms with Crippen molar-refractivity contribution >= 4 is 11.0 Å². The number of hydrogen-bond acceptors (Lipinski definition) is 3. The molecule has 1 aromatic carbocycles. The summed E-state index contributed by atoms with van der Waals surface area (Å²) >= 11 is 0. The Balaban J connectivity index is 1.44. The highest BCUT2D eigenvalue weighted by atomic mass is 16.5. The van der Waals surface area contributed by atoms with E-state index in [4.69, 9.17) is 4.52 Å². The third-order valence-electron chi connectivity index (χ3n) is 6.88. The van der Waals surface area contributed by atoms with Crippen LogP contribution in [0.4, 0.5) is 0 Å². The van der Waals surface area contributed by atoms with Crippen molar-refractivity contribution in [2.75, 3.05) is 19.6 Å². The number of fused-ring (bicyclic) bond motifs is 3. The number of nitrogens with zero attached hydrogens (tertiary/aromatic N) is 2. The van der Waals surface area contributed by atoms with E-state index in [2.05, 4.69) is 63.7 Å². The standard InChI is InChI=1S/C24H36N2O/c1-23(2,3)18-9-11-26(12-10-18)15-16-13-17-7-8-19-21(20(17)14-16)27-25-22(19)24(4,5)6/h7-8,16,18H,9-15H2,1-6H3/t16-/m1/s1. The van der Waals surface area contributed by atoms with Crippen LogP contribution >= 0.6 is 0 Å². The van der Waals surface area contributed by atoms with Gasteiger partial charge in [-0.3, -0.25) is 0 Å². The normalized spacial score (nSPS) is 22.5. The fraction of sp³-hybridized carbons (Fsp3) is 0.708. The van der Waals surface area contributed by atoms with E-state index in [9.17, 15) is 0 Å². The average Bonchev–Trinajstić information content (AvgIpc) is 3.16. The molecule has 2 heterocycles. The van der Waals surface area contributed by atoms with Crippen molar-refractivity contribution in [3.63, 3.8) is 0 Å². The van der Waals surface area contributed by atoms with Gasteiger partial charge in [-0.05, 0) is 67.7 Å². The van der Waals surface area contributed by atoms with Crippen molar-refractivity contribution in [3.05, 3.63) is 29.0 Å². The molecule has 2 aromatic rings. The Hall–Kier alpha value is -1.35. The lowest BCUT2D eigenvalue weighted by Crippen LogP contribution is -2.40. The first-order valence-electron chi connectivity index (χ1n) is 10.8. The summed E-state index contributed by atoms with van der Waals surface area (Å²) in [6, 6.07) is 4.57. The zero-order valence-electron chi connectivity index (χ0n) is 18.1. The van der Waals surface area contributed by atoms with Gasteiger partial charge in [-0.1, -0.05) is 52.8 Å². The van der Waals surface area contributed by atoms with E-state index in [-0.39, 0.29) is 5.41 Å². The Morgan fingerprint density at radius 2 is 1.74 bits per heavy atom. The molecule has 1 atom stereocenters. The lowest BCUT2D eigenvalue weighted by Gasteiger charge is -2.39. The van der Waals surface area contributed by atoms with Crippen molar-refractivity contribution in [1.82, 2.24) is 10.1 Å². The summed E-state index contributed by atoms with van der Waals surface area (Å²) in [6.45, 7) is 17.6. The van der Waals surface area contributed by atoms with Crippen LogP contribution in [-0.4, -0.2) is 29.7 Å². The van der Waals surface area contributed by atoms with E-state index in [1.165, 1.54) is 55.4 Å². The maximum atomic E-state index is 5.84. The summed E-state index contributed by atoms with van der Waals surface area (Å²) in [5.74, 6) is 1.60. The highest BCUT2D eigenvalue weighted by Crippen LogP contribution is 2.38. The molecular weight excluding hydrogens is 332 g/mol. The van der Waals surface area contributed by atoms with Gasteiger partial charge in [-0.25, -0.2) is 0 Å². The molecule has 3 nitrogen and oxygen atoms in total. The number of piperidine rings is 1. The third-order valence-corrected chi connectivity index (χ3v) is 6.88. The summed E-state index contributed by atoms with van der Waals surface area (Å²) in [5.41, 5.74) is 5.52. The molecule has 1 aliphatic heterocycles. The first kappa shape index (κ1) is 19.0. The van der Waals surface area contributed by atoms with Crippen LogP contribution in [-0.2, 0) is 18.3 Å². The van der Waals surface area contributed by atoms with Gasteiger partial charge in [0, 0.05) is 22.9 Å². The van der Waals surface area contributed by atoms with Crippen molar-refractivity contribution < 1.29 is 4.52 Å². The molecule has 0 amide bonds. The number of likely N-dealkylation sites (tertiary alicyclic amines) is 1. The predicted molar refractivity (Wildman–Crippen MR) is 112 cm³/mol. The fourth-order valence-corrected chi connectivity index (χ4v) is 5.20. The molecule has 3 heteroatoms. The molecule has 1 aliphatic carbocycles. The van der Waals surface area contributed by atoms with Crippen LogP contribution in [0.5, 0.6) is 0 Å². The topological polar surface area (TPSA) is 29.3 Å². The molecule has 4 rings (SSSR count). The largest absolute Gasteiger partial charge is 0.356 e. The fourth-order valence-electron chi connectivity index (χ4n) is 5.20. The third kappa shape index (κ3) is 3.68. The lowest BCUT2D eigenvalue weighted by atomic mass is 9.75. The Labute approximate surface area is 164 Å². The van der Waals surface area contributed by atoms with Gasteiger partial charge in [-0.2, -0.15) is 0 Å². The van der Waals surface area contributed by atoms with Gasteiger partial charge in [-0.15, -0.1) is 0 Å². The molecule has 148 valence electrons. The van der Waals surface area contributed by atoms with E-state index >= 15 is 0 Å². The maximum Gasteiger partial charge on any atom is 0.170 e. The van der Waals surface area contributed by atoms with Crippen LogP contribution < -0.4 is 0 Å². The van der Waals surface area contributed by atoms with Crippen LogP contribution in [0.25, 0.3) is 11.0 Å². The number of rotatable bonds is 2. The predicted octanol–water partition coefficient (Wildman–Crippen LogP) is 5.60. The number of benzene rings is 1. The van der Waals surface area contributed by atoms with Crippen LogP contribution in [0.3, 0.4) is 0 Å². The van der Waals surface area contributed by atoms with Gasteiger partial charge in [0.25, 0.3) is 0 Å². The molecule has 2 aliphatic rings. The molecule has 1 saturated heterocycles. The summed E-state index contributed by atoms with van der Waals surface area (Å²) in [6.07, 6.45) is 5.04. The minimum atomic E-state index is 0.0227. The molecule has 1 aromatic heterocycles. The second kappa shape index (κ2) is 6.62. The number of hydrogen-bond donors (Lipinski definition) is 0. The highest BCUT2D eigenvalue weighted by Gasteiger charge is 2.32. The first-order valence-corrected chi connectivity index (χ1v) is 10.8. The van der Waals surface area contributed by atoms with Gasteiger partial charge in [0.15, 0.2) is 5.58 Å². The average molecular weight is 369 g/mol. The van der Waals surface area contributed by atoms with Crippen molar-refractivity contribution in [3.8, 4) is 0 Å². The smallest absolute Gasteiger partial charge is 0.170 e. The minimum absolute atomic E-state index is 0.0227. The van der Waals surface area contributed by atoms with Crippen LogP contribution in [0.1, 0.15) is 71.2 Å². The molecule has 0 N–H and O–H groups in total. The minimum Gasteiger partial charge on any atom is -0.356 e. The maximum absolute atomic E-state index is 5.84. The van der Waals surface area contributed by atoms with Crippen LogP contribution in [0, 0.1) is 17.3 Å². The van der Waals surface area contributed by atoms with Crippen molar-refractivity contribution in [2.45, 2.75) is 72.6 Å². The summed E-state index contributed by atoms with van der Waals surface area (Å²) in [7, 11) is 0. The number of aromatic nitrogens is 1. The Morgan fingerprint density at radius 3 is 2.37 bits per heavy atom. The molecular formula is C24H36N2O. The second-order valence-electron chi connectivity index (χ2n) is 11.1. The Bertz CT molecular complexity index is 813. The quantitative estimate of drug-likeness (QED) is 0.691. The SMILES string of the molecule is CC(C)(C)c1noc2c3c(ccc12)C[C@@H](CN1CCC(C(C)(C)C)CC1)C3. The Morgan fingerprint density at radius 1 is 1.04 bits per heavy atom. The zero-order chi connectivity index (χ0) is 19.4. The van der Waals surface area contributed by atoms with Crippen molar-refractivity contribution in [2.24, 2.45) is 17.3 Å². The molecule has 0 radical (unpaired) electrons. The second-order valence-corrected chi connectivity index (χ2v) is 11.1. The van der Waals surface area contributed by atoms with Crippen LogP contribution in [0.15, 0.2) is 16.7 Å². The van der Waals surface area contributed by atoms with E-state index in [1.54, 1.807) is 0 Å². The Kier molecular flexibility index (Phi) is 4.65. The highest BCUT2D eigenvalue weighted by molar-refractivity contribution is 5.85. The van der Waals surface area contributed by atoms with Gasteiger partial charge < -0.3 is 9.42 Å². The molecule has 0 bridgehead atoms. The van der Waals surface area contributed by atoms with Gasteiger partial charge >= 0.3 is 0 Å². The monoisotopic (exact) mass is 368 g/mol. The van der Waals surface area contributed by atoms with E-state index in [0.717, 1.165) is 29.5 Å². The molecule has 1 fully saturated rings. The molecule has 0 spiro atoms. The van der Waals surface area contributed by atoms with Gasteiger partial charge in [0.1, 0.15) is 0 Å². The summed E-state index contributed by atoms with van der Waals surface area (Å²) in [5, 5.41) is 5.65. The van der Waals surface area contributed by atoms with E-state index in [1.807, 2.05) is 0 Å². The first-order chi connectivity index (χ1) is 12.6. The van der Waals surface area contributed by atoms with Gasteiger partial charge in [0.05, 0.1) is 5.69 Å². The zero-order valence-corrected chi connectivity index (χ0v) is 18.1. The molecule has 0 unspecified atom stereocenters. The molecule has 0 saturated carbocycles. The lowest BCUT2D eigenvalue weighted by molar-refractivity contribution is 0.102. The summed E-state index contributed by atoms with van der Waals surface area (Å²) in [4.78, 5) is 2.71. The van der Waals surface area contributed by atoms with Crippen molar-refractivity contribution in [1.29, 1.82) is 0 Å². The molecule has 27 heavy (non-hydrogen) atoms. The van der Waals surface area contributed by atoms with Crippen LogP contribution in [0.2, 0.25) is 0 Å². The summed E-state index contributed by atoms with van der Waals surface area (Å²) < 4.78 is 5.84. The van der Waals surface area contributed by atoms with E-state index in [0.29, 0.717) is 5.41 Å². The van der Waals surface area contributed by atoms with E-state index < -0.39 is 0 Å².